The van der Waals surface area contributed by atoms with Gasteiger partial charge in [0.05, 0.1) is 6.26 Å². The van der Waals surface area contributed by atoms with Crippen molar-refractivity contribution in [3.05, 3.63) is 59.7 Å². The van der Waals surface area contributed by atoms with Gasteiger partial charge in [-0.25, -0.2) is 13.2 Å². The number of benzene rings is 2. The smallest absolute Gasteiger partial charge is 0.344 e. The van der Waals surface area contributed by atoms with Crippen molar-refractivity contribution in [3.63, 3.8) is 0 Å². The van der Waals surface area contributed by atoms with E-state index in [2.05, 4.69) is 18.6 Å². The van der Waals surface area contributed by atoms with E-state index in [9.17, 15) is 18.0 Å². The van der Waals surface area contributed by atoms with Gasteiger partial charge in [0.15, 0.2) is 12.7 Å². The number of carbonyl (C=O) groups excluding carboxylic acids is 2. The lowest BCUT2D eigenvalue weighted by Crippen LogP contribution is -2.27. The van der Waals surface area contributed by atoms with Gasteiger partial charge in [-0.05, 0) is 54.8 Å². The van der Waals surface area contributed by atoms with Gasteiger partial charge in [-0.2, -0.15) is 0 Å². The molecule has 0 heterocycles. The topological polar surface area (TPSA) is 98.8 Å². The van der Waals surface area contributed by atoms with Crippen molar-refractivity contribution in [2.75, 3.05) is 17.6 Å². The first-order valence-corrected chi connectivity index (χ1v) is 11.0. The molecule has 29 heavy (non-hydrogen) atoms. The molecule has 0 aliphatic carbocycles. The second kappa shape index (κ2) is 9.56. The average molecular weight is 419 g/mol. The van der Waals surface area contributed by atoms with Gasteiger partial charge in [0, 0.05) is 11.3 Å². The van der Waals surface area contributed by atoms with Gasteiger partial charge >= 0.3 is 5.97 Å². The molecule has 7 nitrogen and oxygen atoms in total. The van der Waals surface area contributed by atoms with Crippen molar-refractivity contribution in [3.8, 4) is 5.75 Å². The molecule has 1 unspecified atom stereocenters. The summed E-state index contributed by atoms with van der Waals surface area (Å²) >= 11 is 0. The summed E-state index contributed by atoms with van der Waals surface area (Å²) in [6.07, 6.45) is 0.0390. The van der Waals surface area contributed by atoms with E-state index in [0.29, 0.717) is 22.9 Å². The molecule has 0 fully saturated rings. The normalized spacial score (nSPS) is 12.3. The minimum absolute atomic E-state index is 0.301. The zero-order valence-corrected chi connectivity index (χ0v) is 17.7. The highest BCUT2D eigenvalue weighted by Gasteiger charge is 2.20. The van der Waals surface area contributed by atoms with Crippen molar-refractivity contribution >= 4 is 27.5 Å². The molecule has 0 aromatic heterocycles. The molecule has 1 atom stereocenters. The molecule has 0 saturated carbocycles. The maximum absolute atomic E-state index is 12.4. The lowest BCUT2D eigenvalue weighted by molar-refractivity contribution is -0.148. The number of ether oxygens (including phenoxy) is 2. The maximum atomic E-state index is 12.4. The lowest BCUT2D eigenvalue weighted by atomic mass is 10.0. The number of Topliss-reactive ketones (excluding diaryl/α,β-unsaturated/α-hetero) is 1. The summed E-state index contributed by atoms with van der Waals surface area (Å²) in [6.45, 7) is 5.33. The lowest BCUT2D eigenvalue weighted by Gasteiger charge is -2.13. The molecule has 0 radical (unpaired) electrons. The Morgan fingerprint density at radius 2 is 1.55 bits per heavy atom. The van der Waals surface area contributed by atoms with E-state index < -0.39 is 27.9 Å². The van der Waals surface area contributed by atoms with E-state index >= 15 is 0 Å². The maximum Gasteiger partial charge on any atom is 0.344 e. The highest BCUT2D eigenvalue weighted by atomic mass is 32.2. The fraction of sp³-hybridized carbons (Fsp3) is 0.333. The molecule has 0 aliphatic rings. The van der Waals surface area contributed by atoms with E-state index in [0.717, 1.165) is 11.8 Å². The molecular formula is C21H25NO6S. The Balaban J connectivity index is 1.87. The Kier molecular flexibility index (Phi) is 7.39. The number of ketones is 1. The van der Waals surface area contributed by atoms with Gasteiger partial charge in [-0.3, -0.25) is 9.52 Å². The monoisotopic (exact) mass is 419 g/mol. The number of esters is 1. The van der Waals surface area contributed by atoms with Gasteiger partial charge in [0.1, 0.15) is 5.75 Å². The molecule has 0 bridgehead atoms. The van der Waals surface area contributed by atoms with E-state index in [-0.39, 0.29) is 6.61 Å². The van der Waals surface area contributed by atoms with Crippen LogP contribution in [-0.4, -0.2) is 39.1 Å². The second-order valence-corrected chi connectivity index (χ2v) is 8.71. The van der Waals surface area contributed by atoms with Crippen LogP contribution in [0.5, 0.6) is 5.75 Å². The summed E-state index contributed by atoms with van der Waals surface area (Å²) in [5.74, 6) is -0.115. The Labute approximate surface area is 171 Å². The van der Waals surface area contributed by atoms with Crippen LogP contribution in [-0.2, 0) is 19.6 Å². The second-order valence-electron chi connectivity index (χ2n) is 6.96. The number of hydrogen-bond acceptors (Lipinski definition) is 6. The fourth-order valence-corrected chi connectivity index (χ4v) is 3.09. The first-order valence-electron chi connectivity index (χ1n) is 9.09. The molecule has 0 spiro atoms. The van der Waals surface area contributed by atoms with Crippen LogP contribution in [0.15, 0.2) is 48.5 Å². The van der Waals surface area contributed by atoms with Crippen LogP contribution < -0.4 is 9.46 Å². The van der Waals surface area contributed by atoms with E-state index in [1.165, 1.54) is 31.2 Å². The quantitative estimate of drug-likeness (QED) is 0.494. The number of rotatable bonds is 9. The van der Waals surface area contributed by atoms with Crippen LogP contribution in [0.3, 0.4) is 0 Å². The van der Waals surface area contributed by atoms with E-state index in [1.54, 1.807) is 12.1 Å². The predicted molar refractivity (Wildman–Crippen MR) is 111 cm³/mol. The number of nitrogens with one attached hydrogen (secondary N) is 1. The molecule has 2 aromatic rings. The number of anilines is 1. The van der Waals surface area contributed by atoms with Crippen LogP contribution in [0.2, 0.25) is 0 Å². The summed E-state index contributed by atoms with van der Waals surface area (Å²) in [5.41, 5.74) is 1.80. The third-order valence-corrected chi connectivity index (χ3v) is 4.66. The zero-order chi connectivity index (χ0) is 21.6. The molecule has 1 N–H and O–H groups in total. The number of hydrogen-bond donors (Lipinski definition) is 1. The molecule has 2 aromatic carbocycles. The molecule has 0 amide bonds. The molecular weight excluding hydrogens is 394 g/mol. The Morgan fingerprint density at radius 1 is 0.966 bits per heavy atom. The molecule has 0 saturated heterocycles. The van der Waals surface area contributed by atoms with Gasteiger partial charge in [-0.1, -0.05) is 26.0 Å². The minimum Gasteiger partial charge on any atom is -0.482 e. The summed E-state index contributed by atoms with van der Waals surface area (Å²) in [7, 11) is -3.40. The van der Waals surface area contributed by atoms with Gasteiger partial charge in [0.25, 0.3) is 0 Å². The van der Waals surface area contributed by atoms with Crippen LogP contribution in [0.25, 0.3) is 0 Å². The zero-order valence-electron chi connectivity index (χ0n) is 16.8. The van der Waals surface area contributed by atoms with E-state index in [1.807, 2.05) is 12.1 Å². The van der Waals surface area contributed by atoms with Crippen molar-refractivity contribution in [2.45, 2.75) is 32.8 Å². The molecule has 2 rings (SSSR count). The fourth-order valence-electron chi connectivity index (χ4n) is 2.53. The summed E-state index contributed by atoms with van der Waals surface area (Å²) < 4.78 is 35.3. The summed E-state index contributed by atoms with van der Waals surface area (Å²) in [4.78, 5) is 24.4. The SMILES string of the molecule is CC(OC(=O)COc1ccc(C(C)C)cc1)C(=O)c1ccc(NS(C)(=O)=O)cc1. The third kappa shape index (κ3) is 7.23. The molecule has 8 heteroatoms. The third-order valence-electron chi connectivity index (χ3n) is 4.05. The Morgan fingerprint density at radius 3 is 2.07 bits per heavy atom. The van der Waals surface area contributed by atoms with Crippen LogP contribution >= 0.6 is 0 Å². The van der Waals surface area contributed by atoms with Crippen molar-refractivity contribution in [2.24, 2.45) is 0 Å². The Bertz CT molecular complexity index is 950. The average Bonchev–Trinajstić information content (AvgIpc) is 2.65. The highest BCUT2D eigenvalue weighted by Crippen LogP contribution is 2.19. The van der Waals surface area contributed by atoms with Gasteiger partial charge in [-0.15, -0.1) is 0 Å². The Hall–Kier alpha value is -2.87. The largest absolute Gasteiger partial charge is 0.482 e. The van der Waals surface area contributed by atoms with Crippen LogP contribution in [0.4, 0.5) is 5.69 Å². The predicted octanol–water partition coefficient (Wildman–Crippen LogP) is 3.37. The number of sulfonamides is 1. The first kappa shape index (κ1) is 22.4. The standard InChI is InChI=1S/C21H25NO6S/c1-14(2)16-7-11-19(12-8-16)27-13-20(23)28-15(3)21(24)17-5-9-18(10-6-17)22-29(4,25)26/h5-12,14-15,22H,13H2,1-4H3. The van der Waals surface area contributed by atoms with Gasteiger partial charge in [0.2, 0.25) is 15.8 Å². The number of carbonyl (C=O) groups is 2. The van der Waals surface area contributed by atoms with Crippen molar-refractivity contribution < 1.29 is 27.5 Å². The minimum atomic E-state index is -3.40. The molecule has 0 aliphatic heterocycles. The van der Waals surface area contributed by atoms with Gasteiger partial charge < -0.3 is 9.47 Å². The summed E-state index contributed by atoms with van der Waals surface area (Å²) in [5, 5.41) is 0. The van der Waals surface area contributed by atoms with Crippen molar-refractivity contribution in [1.29, 1.82) is 0 Å². The summed E-state index contributed by atoms with van der Waals surface area (Å²) in [6, 6.07) is 13.3. The van der Waals surface area contributed by atoms with Crippen LogP contribution in [0, 0.1) is 0 Å². The van der Waals surface area contributed by atoms with E-state index in [4.69, 9.17) is 9.47 Å². The van der Waals surface area contributed by atoms with Crippen LogP contribution in [0.1, 0.15) is 42.6 Å². The first-order chi connectivity index (χ1) is 13.5. The van der Waals surface area contributed by atoms with Crippen molar-refractivity contribution in [1.82, 2.24) is 0 Å². The molecule has 156 valence electrons. The highest BCUT2D eigenvalue weighted by molar-refractivity contribution is 7.92.